The summed E-state index contributed by atoms with van der Waals surface area (Å²) >= 11 is 0. The molecule has 0 spiro atoms. The first kappa shape index (κ1) is 16.6. The van der Waals surface area contributed by atoms with Crippen molar-refractivity contribution in [3.8, 4) is 6.07 Å². The molecule has 126 valence electrons. The van der Waals surface area contributed by atoms with Crippen molar-refractivity contribution in [3.05, 3.63) is 47.5 Å². The van der Waals surface area contributed by atoms with Crippen LogP contribution >= 0.6 is 0 Å². The Balaban J connectivity index is 1.61. The predicted octanol–water partition coefficient (Wildman–Crippen LogP) is 4.57. The van der Waals surface area contributed by atoms with Crippen LogP contribution in [-0.2, 0) is 11.3 Å². The van der Waals surface area contributed by atoms with Crippen molar-refractivity contribution < 1.29 is 9.53 Å². The molecule has 24 heavy (non-hydrogen) atoms. The zero-order valence-electron chi connectivity index (χ0n) is 14.0. The van der Waals surface area contributed by atoms with Crippen LogP contribution in [0.25, 0.3) is 0 Å². The highest BCUT2D eigenvalue weighted by molar-refractivity contribution is 5.69. The highest BCUT2D eigenvalue weighted by Gasteiger charge is 2.37. The second-order valence-electron chi connectivity index (χ2n) is 6.64. The molecule has 2 bridgehead atoms. The van der Waals surface area contributed by atoms with Crippen LogP contribution in [0, 0.1) is 11.3 Å². The van der Waals surface area contributed by atoms with Crippen molar-refractivity contribution in [1.82, 2.24) is 4.90 Å². The van der Waals surface area contributed by atoms with Gasteiger partial charge in [0, 0.05) is 12.5 Å². The molecule has 3 rings (SSSR count). The van der Waals surface area contributed by atoms with Crippen LogP contribution in [0.15, 0.2) is 42.0 Å². The molecule has 2 unspecified atom stereocenters. The lowest BCUT2D eigenvalue weighted by molar-refractivity contribution is 0.0479. The Labute approximate surface area is 143 Å². The molecule has 4 nitrogen and oxygen atoms in total. The first-order chi connectivity index (χ1) is 11.8. The van der Waals surface area contributed by atoms with Crippen LogP contribution in [0.2, 0.25) is 0 Å². The summed E-state index contributed by atoms with van der Waals surface area (Å²) in [5.74, 6) is 0. The smallest absolute Gasteiger partial charge is 0.410 e. The third-order valence-corrected chi connectivity index (χ3v) is 4.92. The summed E-state index contributed by atoms with van der Waals surface area (Å²) in [6, 6.07) is 12.4. The lowest BCUT2D eigenvalue weighted by Gasteiger charge is -2.44. The summed E-state index contributed by atoms with van der Waals surface area (Å²) in [4.78, 5) is 14.5. The van der Waals surface area contributed by atoms with Gasteiger partial charge in [0.25, 0.3) is 0 Å². The van der Waals surface area contributed by atoms with Crippen molar-refractivity contribution in [1.29, 1.82) is 5.26 Å². The summed E-state index contributed by atoms with van der Waals surface area (Å²) in [7, 11) is 0. The lowest BCUT2D eigenvalue weighted by atomic mass is 9.84. The van der Waals surface area contributed by atoms with Crippen molar-refractivity contribution in [2.75, 3.05) is 0 Å². The number of rotatable bonds is 5. The van der Waals surface area contributed by atoms with E-state index >= 15 is 0 Å². The molecular weight excluding hydrogens is 300 g/mol. The molecule has 1 saturated heterocycles. The van der Waals surface area contributed by atoms with E-state index in [1.54, 1.807) is 0 Å². The molecule has 2 aliphatic heterocycles. The number of hydrogen-bond donors (Lipinski definition) is 0. The number of ether oxygens (including phenoxy) is 1. The van der Waals surface area contributed by atoms with Crippen molar-refractivity contribution >= 4 is 6.09 Å². The maximum Gasteiger partial charge on any atom is 0.410 e. The molecular formula is C20H24N2O2. The van der Waals surface area contributed by atoms with Crippen LogP contribution < -0.4 is 0 Å². The van der Waals surface area contributed by atoms with E-state index < -0.39 is 0 Å². The van der Waals surface area contributed by atoms with E-state index in [1.165, 1.54) is 12.0 Å². The van der Waals surface area contributed by atoms with Gasteiger partial charge in [-0.25, -0.2) is 4.79 Å². The maximum absolute atomic E-state index is 12.6. The summed E-state index contributed by atoms with van der Waals surface area (Å²) in [6.07, 6.45) is 8.72. The van der Waals surface area contributed by atoms with Gasteiger partial charge in [-0.1, -0.05) is 42.0 Å². The van der Waals surface area contributed by atoms with Crippen LogP contribution in [-0.4, -0.2) is 23.1 Å². The van der Waals surface area contributed by atoms with Gasteiger partial charge in [-0.15, -0.1) is 0 Å². The molecule has 2 heterocycles. The van der Waals surface area contributed by atoms with Crippen LogP contribution in [0.3, 0.4) is 0 Å². The minimum Gasteiger partial charge on any atom is -0.445 e. The Morgan fingerprint density at radius 1 is 1.29 bits per heavy atom. The molecule has 1 aromatic rings. The summed E-state index contributed by atoms with van der Waals surface area (Å²) in [5.41, 5.74) is 2.42. The van der Waals surface area contributed by atoms with Crippen LogP contribution in [0.1, 0.15) is 50.5 Å². The molecule has 0 aliphatic carbocycles. The summed E-state index contributed by atoms with van der Waals surface area (Å²) < 4.78 is 5.55. The topological polar surface area (TPSA) is 53.3 Å². The first-order valence-corrected chi connectivity index (χ1v) is 8.83. The largest absolute Gasteiger partial charge is 0.445 e. The number of carbonyl (C=O) groups excluding carboxylic acids is 1. The number of fused-ring (bicyclic) bond motifs is 2. The number of amides is 1. The fourth-order valence-corrected chi connectivity index (χ4v) is 3.78. The quantitative estimate of drug-likeness (QED) is 0.589. The van der Waals surface area contributed by atoms with Gasteiger partial charge in [-0.2, -0.15) is 5.26 Å². The Hall–Kier alpha value is -2.28. The molecule has 0 radical (unpaired) electrons. The summed E-state index contributed by atoms with van der Waals surface area (Å²) in [6.45, 7) is 0.328. The Morgan fingerprint density at radius 3 is 2.88 bits per heavy atom. The molecule has 1 amide bonds. The van der Waals surface area contributed by atoms with E-state index in [-0.39, 0.29) is 18.2 Å². The molecule has 0 aromatic heterocycles. The highest BCUT2D eigenvalue weighted by atomic mass is 16.6. The maximum atomic E-state index is 12.6. The molecule has 0 saturated carbocycles. The van der Waals surface area contributed by atoms with Gasteiger partial charge in [0.2, 0.25) is 0 Å². The van der Waals surface area contributed by atoms with Gasteiger partial charge < -0.3 is 4.74 Å². The Bertz CT molecular complexity index is 633. The number of unbranched alkanes of at least 4 members (excludes halogenated alkanes) is 1. The molecule has 4 heteroatoms. The van der Waals surface area contributed by atoms with E-state index in [4.69, 9.17) is 10.00 Å². The van der Waals surface area contributed by atoms with Gasteiger partial charge in [0.15, 0.2) is 0 Å². The Kier molecular flexibility index (Phi) is 5.53. The zero-order chi connectivity index (χ0) is 16.8. The SMILES string of the molecule is N#CCCCC1=CC2CCCC(C1)N2C(=O)OCc1ccccc1. The average molecular weight is 324 g/mol. The van der Waals surface area contributed by atoms with Gasteiger partial charge in [-0.05, 0) is 44.1 Å². The van der Waals surface area contributed by atoms with E-state index in [0.29, 0.717) is 13.0 Å². The van der Waals surface area contributed by atoms with E-state index in [9.17, 15) is 4.79 Å². The average Bonchev–Trinajstić information content (AvgIpc) is 2.60. The predicted molar refractivity (Wildman–Crippen MR) is 92.1 cm³/mol. The molecule has 1 aromatic carbocycles. The Morgan fingerprint density at radius 2 is 2.12 bits per heavy atom. The number of nitrogens with zero attached hydrogens (tertiary/aromatic N) is 2. The second kappa shape index (κ2) is 8.01. The summed E-state index contributed by atoms with van der Waals surface area (Å²) in [5, 5.41) is 8.69. The molecule has 1 fully saturated rings. The number of nitriles is 1. The molecule has 2 atom stereocenters. The first-order valence-electron chi connectivity index (χ1n) is 8.83. The highest BCUT2D eigenvalue weighted by Crippen LogP contribution is 2.35. The third-order valence-electron chi connectivity index (χ3n) is 4.92. The number of carbonyl (C=O) groups is 1. The van der Waals surface area contributed by atoms with Gasteiger partial charge in [0.1, 0.15) is 6.61 Å². The van der Waals surface area contributed by atoms with Crippen molar-refractivity contribution in [2.45, 2.75) is 63.6 Å². The minimum absolute atomic E-state index is 0.165. The lowest BCUT2D eigenvalue weighted by Crippen LogP contribution is -2.51. The van der Waals surface area contributed by atoms with E-state index in [1.807, 2.05) is 35.2 Å². The van der Waals surface area contributed by atoms with Crippen molar-refractivity contribution in [2.24, 2.45) is 0 Å². The van der Waals surface area contributed by atoms with Gasteiger partial charge >= 0.3 is 6.09 Å². The van der Waals surface area contributed by atoms with Crippen LogP contribution in [0.5, 0.6) is 0 Å². The van der Waals surface area contributed by atoms with Gasteiger partial charge in [-0.3, -0.25) is 4.90 Å². The van der Waals surface area contributed by atoms with Crippen LogP contribution in [0.4, 0.5) is 4.79 Å². The minimum atomic E-state index is -0.194. The monoisotopic (exact) mass is 324 g/mol. The fraction of sp³-hybridized carbons (Fsp3) is 0.500. The fourth-order valence-electron chi connectivity index (χ4n) is 3.78. The van der Waals surface area contributed by atoms with E-state index in [0.717, 1.165) is 37.7 Å². The molecule has 0 N–H and O–H groups in total. The van der Waals surface area contributed by atoms with Gasteiger partial charge in [0.05, 0.1) is 12.1 Å². The second-order valence-corrected chi connectivity index (χ2v) is 6.64. The number of hydrogen-bond acceptors (Lipinski definition) is 3. The number of piperidine rings is 1. The van der Waals surface area contributed by atoms with Crippen molar-refractivity contribution in [3.63, 3.8) is 0 Å². The van der Waals surface area contributed by atoms with E-state index in [2.05, 4.69) is 12.1 Å². The normalized spacial score (nSPS) is 22.5. The zero-order valence-corrected chi connectivity index (χ0v) is 14.0. The molecule has 2 aliphatic rings. The standard InChI is InChI=1S/C20H24N2O2/c21-12-5-4-9-17-13-18-10-6-11-19(14-17)22(18)20(23)24-15-16-7-2-1-3-8-16/h1-3,7-8,13,18-19H,4-6,9-11,14-15H2. The number of benzene rings is 1. The third kappa shape index (κ3) is 3.97.